The van der Waals surface area contributed by atoms with E-state index >= 15 is 0 Å². The van der Waals surface area contributed by atoms with Gasteiger partial charge in [0.2, 0.25) is 0 Å². The number of allylic oxidation sites excluding steroid dienone is 4. The maximum Gasteiger partial charge on any atom is 0.0314 e. The Kier molecular flexibility index (Phi) is 7.37. The Morgan fingerprint density at radius 1 is 1.16 bits per heavy atom. The second-order valence-corrected chi connectivity index (χ2v) is 4.53. The van der Waals surface area contributed by atoms with Crippen molar-refractivity contribution in [3.63, 3.8) is 0 Å². The van der Waals surface area contributed by atoms with E-state index in [9.17, 15) is 0 Å². The molecule has 0 aliphatic rings. The summed E-state index contributed by atoms with van der Waals surface area (Å²) in [4.78, 5) is 0. The zero-order valence-corrected chi connectivity index (χ0v) is 11.6. The van der Waals surface area contributed by atoms with Gasteiger partial charge in [0.15, 0.2) is 0 Å². The van der Waals surface area contributed by atoms with Crippen molar-refractivity contribution in [2.45, 2.75) is 19.3 Å². The van der Waals surface area contributed by atoms with Crippen molar-refractivity contribution < 1.29 is 0 Å². The van der Waals surface area contributed by atoms with E-state index in [1.165, 1.54) is 11.1 Å². The lowest BCUT2D eigenvalue weighted by Gasteiger charge is -2.06. The summed E-state index contributed by atoms with van der Waals surface area (Å²) in [5.41, 5.74) is 9.04. The molecular weight excluding hydrogens is 232 g/mol. The van der Waals surface area contributed by atoms with Crippen LogP contribution in [0.1, 0.15) is 18.4 Å². The number of rotatable bonds is 9. The second kappa shape index (κ2) is 9.17. The molecule has 1 aromatic rings. The number of hydrogen-bond donors (Lipinski definition) is 2. The molecule has 1 aromatic carbocycles. The smallest absolute Gasteiger partial charge is 0.0314 e. The van der Waals surface area contributed by atoms with Crippen LogP contribution in [0, 0.1) is 0 Å². The van der Waals surface area contributed by atoms with Crippen LogP contribution in [-0.4, -0.2) is 13.1 Å². The molecule has 0 saturated heterocycles. The van der Waals surface area contributed by atoms with Crippen LogP contribution in [0.15, 0.2) is 61.2 Å². The third-order valence-corrected chi connectivity index (χ3v) is 2.98. The Balaban J connectivity index is 2.11. The van der Waals surface area contributed by atoms with Crippen LogP contribution in [0.3, 0.4) is 0 Å². The lowest BCUT2D eigenvalue weighted by atomic mass is 10.1. The van der Waals surface area contributed by atoms with Gasteiger partial charge in [0.05, 0.1) is 0 Å². The monoisotopic (exact) mass is 256 g/mol. The Labute approximate surface area is 116 Å². The molecule has 0 unspecified atom stereocenters. The summed E-state index contributed by atoms with van der Waals surface area (Å²) < 4.78 is 0. The number of nitrogens with one attached hydrogen (secondary N) is 1. The number of hydrogen-bond acceptors (Lipinski definition) is 2. The highest BCUT2D eigenvalue weighted by atomic mass is 14.8. The highest BCUT2D eigenvalue weighted by molar-refractivity contribution is 5.39. The molecule has 0 heterocycles. The minimum Gasteiger partial charge on any atom is -0.399 e. The molecule has 19 heavy (non-hydrogen) atoms. The van der Waals surface area contributed by atoms with Crippen molar-refractivity contribution in [1.82, 2.24) is 5.32 Å². The van der Waals surface area contributed by atoms with E-state index < -0.39 is 0 Å². The zero-order valence-electron chi connectivity index (χ0n) is 11.6. The van der Waals surface area contributed by atoms with Crippen molar-refractivity contribution in [3.8, 4) is 0 Å². The van der Waals surface area contributed by atoms with Crippen LogP contribution in [-0.2, 0) is 6.42 Å². The van der Waals surface area contributed by atoms with Gasteiger partial charge in [0.25, 0.3) is 0 Å². The van der Waals surface area contributed by atoms with Crippen LogP contribution in [0.25, 0.3) is 0 Å². The fraction of sp³-hybridized carbons (Fsp3) is 0.294. The summed E-state index contributed by atoms with van der Waals surface area (Å²) in [5.74, 6) is 0. The van der Waals surface area contributed by atoms with Crippen molar-refractivity contribution >= 4 is 5.69 Å². The highest BCUT2D eigenvalue weighted by Crippen LogP contribution is 2.06. The average Bonchev–Trinajstić information content (AvgIpc) is 2.43. The van der Waals surface area contributed by atoms with Gasteiger partial charge >= 0.3 is 0 Å². The molecule has 1 rings (SSSR count). The molecular formula is C17H24N2. The summed E-state index contributed by atoms with van der Waals surface area (Å²) >= 11 is 0. The van der Waals surface area contributed by atoms with Crippen LogP contribution >= 0.6 is 0 Å². The van der Waals surface area contributed by atoms with Gasteiger partial charge < -0.3 is 11.1 Å². The van der Waals surface area contributed by atoms with Crippen molar-refractivity contribution in [3.05, 3.63) is 66.8 Å². The first kappa shape index (κ1) is 15.3. The molecule has 0 saturated carbocycles. The number of nitrogen functional groups attached to an aromatic ring is 1. The summed E-state index contributed by atoms with van der Waals surface area (Å²) in [5, 5.41) is 3.45. The van der Waals surface area contributed by atoms with Gasteiger partial charge in [-0.2, -0.15) is 0 Å². The lowest BCUT2D eigenvalue weighted by Crippen LogP contribution is -2.18. The van der Waals surface area contributed by atoms with E-state index in [1.54, 1.807) is 0 Å². The van der Waals surface area contributed by atoms with E-state index in [2.05, 4.69) is 30.6 Å². The first-order valence-corrected chi connectivity index (χ1v) is 6.75. The molecule has 0 fully saturated rings. The molecule has 0 aliphatic heterocycles. The first-order chi connectivity index (χ1) is 9.26. The maximum atomic E-state index is 5.65. The van der Waals surface area contributed by atoms with Crippen molar-refractivity contribution in [1.29, 1.82) is 0 Å². The number of benzene rings is 1. The maximum absolute atomic E-state index is 5.65. The molecule has 0 aromatic heterocycles. The van der Waals surface area contributed by atoms with Gasteiger partial charge in [-0.05, 0) is 55.6 Å². The third kappa shape index (κ3) is 6.63. The largest absolute Gasteiger partial charge is 0.399 e. The minimum atomic E-state index is 0.822. The Hall–Kier alpha value is -1.80. The first-order valence-electron chi connectivity index (χ1n) is 6.75. The summed E-state index contributed by atoms with van der Waals surface area (Å²) in [6.45, 7) is 9.52. The van der Waals surface area contributed by atoms with Crippen LogP contribution in [0.2, 0.25) is 0 Å². The molecule has 102 valence electrons. The molecule has 0 atom stereocenters. The van der Waals surface area contributed by atoms with E-state index in [1.807, 2.05) is 30.4 Å². The summed E-state index contributed by atoms with van der Waals surface area (Å²) in [6, 6.07) is 8.07. The molecule has 0 amide bonds. The molecule has 0 spiro atoms. The molecule has 3 N–H and O–H groups in total. The van der Waals surface area contributed by atoms with Crippen LogP contribution in [0.5, 0.6) is 0 Å². The highest BCUT2D eigenvalue weighted by Gasteiger charge is 1.94. The molecule has 0 aliphatic carbocycles. The van der Waals surface area contributed by atoms with Gasteiger partial charge in [-0.25, -0.2) is 0 Å². The Morgan fingerprint density at radius 3 is 2.53 bits per heavy atom. The SMILES string of the molecule is C=C/C=C(\C=C)CCCNCCc1ccc(N)cc1. The lowest BCUT2D eigenvalue weighted by molar-refractivity contribution is 0.648. The summed E-state index contributed by atoms with van der Waals surface area (Å²) in [7, 11) is 0. The van der Waals surface area contributed by atoms with Crippen molar-refractivity contribution in [2.24, 2.45) is 0 Å². The molecule has 2 nitrogen and oxygen atoms in total. The van der Waals surface area contributed by atoms with Gasteiger partial charge in [-0.3, -0.25) is 0 Å². The van der Waals surface area contributed by atoms with Gasteiger partial charge in [0, 0.05) is 5.69 Å². The minimum absolute atomic E-state index is 0.822. The standard InChI is InChI=1S/C17H24N2/c1-3-6-15(4-2)7-5-13-19-14-12-16-8-10-17(18)11-9-16/h3-4,6,8-11,19H,1-2,5,7,12-14,18H2/b15-6+. The Bertz CT molecular complexity index is 415. The topological polar surface area (TPSA) is 38.0 Å². The van der Waals surface area contributed by atoms with Crippen LogP contribution in [0.4, 0.5) is 5.69 Å². The quantitative estimate of drug-likeness (QED) is 0.403. The average molecular weight is 256 g/mol. The normalized spacial score (nSPS) is 11.3. The number of anilines is 1. The van der Waals surface area contributed by atoms with E-state index in [0.29, 0.717) is 0 Å². The predicted octanol–water partition coefficient (Wildman–Crippen LogP) is 3.48. The van der Waals surface area contributed by atoms with E-state index in [4.69, 9.17) is 5.73 Å². The Morgan fingerprint density at radius 2 is 1.89 bits per heavy atom. The summed E-state index contributed by atoms with van der Waals surface area (Å²) in [6.07, 6.45) is 8.93. The fourth-order valence-corrected chi connectivity index (χ4v) is 1.86. The van der Waals surface area contributed by atoms with Gasteiger partial charge in [-0.15, -0.1) is 0 Å². The molecule has 2 heteroatoms. The second-order valence-electron chi connectivity index (χ2n) is 4.53. The van der Waals surface area contributed by atoms with E-state index in [0.717, 1.165) is 38.0 Å². The number of nitrogens with two attached hydrogens (primary N) is 1. The van der Waals surface area contributed by atoms with Crippen molar-refractivity contribution in [2.75, 3.05) is 18.8 Å². The zero-order chi connectivity index (χ0) is 13.9. The third-order valence-electron chi connectivity index (χ3n) is 2.98. The van der Waals surface area contributed by atoms with Gasteiger partial charge in [0.1, 0.15) is 0 Å². The predicted molar refractivity (Wildman–Crippen MR) is 85.1 cm³/mol. The molecule has 0 radical (unpaired) electrons. The molecule has 0 bridgehead atoms. The van der Waals surface area contributed by atoms with E-state index in [-0.39, 0.29) is 0 Å². The fourth-order valence-electron chi connectivity index (χ4n) is 1.86. The van der Waals surface area contributed by atoms with Gasteiger partial charge in [-0.1, -0.05) is 43.5 Å². The van der Waals surface area contributed by atoms with Crippen LogP contribution < -0.4 is 11.1 Å².